The van der Waals surface area contributed by atoms with E-state index in [1.165, 1.54) is 66.9 Å². The van der Waals surface area contributed by atoms with Crippen LogP contribution in [0.3, 0.4) is 0 Å². The lowest BCUT2D eigenvalue weighted by molar-refractivity contribution is -0.136. The highest BCUT2D eigenvalue weighted by atomic mass is 16.5. The molecule has 2 saturated carbocycles. The third kappa shape index (κ3) is 2.42. The quantitative estimate of drug-likeness (QED) is 0.633. The average molecular weight is 427 g/mol. The van der Waals surface area contributed by atoms with E-state index in [0.717, 1.165) is 6.42 Å². The van der Waals surface area contributed by atoms with Crippen molar-refractivity contribution in [3.63, 3.8) is 0 Å². The van der Waals surface area contributed by atoms with Gasteiger partial charge in [0.1, 0.15) is 0 Å². The number of benzene rings is 1. The lowest BCUT2D eigenvalue weighted by atomic mass is 9.58. The van der Waals surface area contributed by atoms with Gasteiger partial charge in [-0.05, 0) is 110 Å². The van der Waals surface area contributed by atoms with E-state index in [0.29, 0.717) is 17.9 Å². The average Bonchev–Trinajstić information content (AvgIpc) is 3.33. The molecule has 1 aromatic heterocycles. The van der Waals surface area contributed by atoms with Crippen LogP contribution in [0.15, 0.2) is 60.0 Å². The van der Waals surface area contributed by atoms with E-state index < -0.39 is 0 Å². The molecular formula is C29H34N2O. The maximum absolute atomic E-state index is 7.36. The van der Waals surface area contributed by atoms with Crippen LogP contribution in [0, 0.1) is 11.3 Å². The summed E-state index contributed by atoms with van der Waals surface area (Å²) in [5.41, 5.74) is 4.80. The normalized spacial score (nSPS) is 42.1. The Hall–Kier alpha value is -1.97. The summed E-state index contributed by atoms with van der Waals surface area (Å²) in [6.07, 6.45) is 18.8. The predicted octanol–water partition coefficient (Wildman–Crippen LogP) is 6.06. The van der Waals surface area contributed by atoms with E-state index >= 15 is 0 Å². The zero-order valence-corrected chi connectivity index (χ0v) is 19.4. The maximum Gasteiger partial charge on any atom is 0.0974 e. The first-order valence-electron chi connectivity index (χ1n) is 12.7. The molecule has 1 N–H and O–H groups in total. The van der Waals surface area contributed by atoms with Crippen LogP contribution >= 0.6 is 0 Å². The summed E-state index contributed by atoms with van der Waals surface area (Å²) in [5.74, 6) is 1.20. The molecule has 2 bridgehead atoms. The van der Waals surface area contributed by atoms with Gasteiger partial charge in [-0.15, -0.1) is 0 Å². The van der Waals surface area contributed by atoms with E-state index in [1.807, 2.05) is 12.4 Å². The predicted molar refractivity (Wildman–Crippen MR) is 129 cm³/mol. The Bertz CT molecular complexity index is 1170. The number of aromatic nitrogens is 1. The lowest BCUT2D eigenvalue weighted by Gasteiger charge is -2.54. The van der Waals surface area contributed by atoms with Crippen LogP contribution < -0.4 is 5.32 Å². The Balaban J connectivity index is 1.29. The van der Waals surface area contributed by atoms with Crippen molar-refractivity contribution in [1.82, 2.24) is 10.3 Å². The zero-order valence-electron chi connectivity index (χ0n) is 19.4. The molecule has 3 fully saturated rings. The molecular weight excluding hydrogens is 392 g/mol. The summed E-state index contributed by atoms with van der Waals surface area (Å²) in [5, 5.41) is 6.11. The molecule has 7 rings (SSSR count). The molecule has 32 heavy (non-hydrogen) atoms. The second kappa shape index (κ2) is 6.55. The highest BCUT2D eigenvalue weighted by Crippen LogP contribution is 2.69. The van der Waals surface area contributed by atoms with Gasteiger partial charge in [-0.25, -0.2) is 0 Å². The first-order valence-corrected chi connectivity index (χ1v) is 12.7. The molecule has 1 aromatic carbocycles. The van der Waals surface area contributed by atoms with Crippen LogP contribution in [-0.2, 0) is 4.74 Å². The number of fused-ring (bicyclic) bond motifs is 2. The molecule has 3 aliphatic carbocycles. The number of nitrogens with one attached hydrogen (secondary N) is 1. The minimum atomic E-state index is -0.0563. The number of rotatable bonds is 2. The Morgan fingerprint density at radius 2 is 2.03 bits per heavy atom. The van der Waals surface area contributed by atoms with Crippen molar-refractivity contribution >= 4 is 10.8 Å². The van der Waals surface area contributed by atoms with Gasteiger partial charge in [-0.1, -0.05) is 31.2 Å². The van der Waals surface area contributed by atoms with Gasteiger partial charge in [0.15, 0.2) is 0 Å². The number of allylic oxidation sites excluding steroid dienone is 1. The summed E-state index contributed by atoms with van der Waals surface area (Å²) in [7, 11) is 2.12. The maximum atomic E-state index is 7.36. The van der Waals surface area contributed by atoms with Crippen LogP contribution in [0.1, 0.15) is 69.8 Å². The van der Waals surface area contributed by atoms with Gasteiger partial charge in [-0.3, -0.25) is 4.98 Å². The fourth-order valence-corrected chi connectivity index (χ4v) is 8.52. The standard InChI is InChI=1S/C29H34N2O/c1-27-11-9-23-16-22-5-6-24(30-2)17-28(22)12-13-29(23,32-28)26(27)8-7-25(27)20-4-3-19-10-14-31-18-21(19)15-20/h3-4,9-10,14-16,18,24-26,30H,5-8,11-13,17H2,1-2H3/t24-,25+,26+,27+,28+,29+/m0/s1. The number of hydrogen-bond acceptors (Lipinski definition) is 3. The van der Waals surface area contributed by atoms with E-state index in [4.69, 9.17) is 4.74 Å². The van der Waals surface area contributed by atoms with Gasteiger partial charge in [0.2, 0.25) is 0 Å². The number of pyridine rings is 1. The number of hydrogen-bond donors (Lipinski definition) is 1. The van der Waals surface area contributed by atoms with Crippen LogP contribution in [-0.4, -0.2) is 29.3 Å². The lowest BCUT2D eigenvalue weighted by Crippen LogP contribution is -2.54. The van der Waals surface area contributed by atoms with E-state index in [1.54, 1.807) is 5.57 Å². The van der Waals surface area contributed by atoms with Crippen molar-refractivity contribution in [2.45, 2.75) is 81.5 Å². The Kier molecular flexibility index (Phi) is 3.99. The molecule has 0 amide bonds. The SMILES string of the molecule is CN[C@H]1CCC2=CC3=CC[C@]4(C)[C@@H](c5ccc6ccncc6c5)CC[C@H]4[C@@]34CC[C@]2(C1)O4. The van der Waals surface area contributed by atoms with Crippen molar-refractivity contribution in [3.8, 4) is 0 Å². The van der Waals surface area contributed by atoms with E-state index in [2.05, 4.69) is 60.7 Å². The van der Waals surface area contributed by atoms with Crippen molar-refractivity contribution < 1.29 is 4.74 Å². The fraction of sp³-hybridized carbons (Fsp3) is 0.552. The monoisotopic (exact) mass is 426 g/mol. The fourth-order valence-electron chi connectivity index (χ4n) is 8.52. The Morgan fingerprint density at radius 1 is 1.09 bits per heavy atom. The van der Waals surface area contributed by atoms with Gasteiger partial charge in [0.05, 0.1) is 11.2 Å². The highest BCUT2D eigenvalue weighted by Gasteiger charge is 2.66. The van der Waals surface area contributed by atoms with Crippen LogP contribution in [0.2, 0.25) is 0 Å². The second-order valence-electron chi connectivity index (χ2n) is 11.4. The first-order chi connectivity index (χ1) is 15.6. The third-order valence-corrected chi connectivity index (χ3v) is 10.2. The molecule has 2 aliphatic heterocycles. The molecule has 5 aliphatic rings. The molecule has 1 saturated heterocycles. The first kappa shape index (κ1) is 19.5. The van der Waals surface area contributed by atoms with Crippen molar-refractivity contribution in [2.24, 2.45) is 11.3 Å². The summed E-state index contributed by atoms with van der Waals surface area (Å²) >= 11 is 0. The minimum Gasteiger partial charge on any atom is -0.359 e. The van der Waals surface area contributed by atoms with Gasteiger partial charge < -0.3 is 10.1 Å². The van der Waals surface area contributed by atoms with Gasteiger partial charge >= 0.3 is 0 Å². The smallest absolute Gasteiger partial charge is 0.0974 e. The molecule has 3 heterocycles. The summed E-state index contributed by atoms with van der Waals surface area (Å²) in [4.78, 5) is 4.37. The summed E-state index contributed by atoms with van der Waals surface area (Å²) < 4.78 is 7.36. The van der Waals surface area contributed by atoms with Gasteiger partial charge in [0, 0.05) is 23.8 Å². The van der Waals surface area contributed by atoms with Crippen LogP contribution in [0.4, 0.5) is 0 Å². The number of ether oxygens (including phenoxy) is 1. The highest BCUT2D eigenvalue weighted by molar-refractivity contribution is 5.82. The summed E-state index contributed by atoms with van der Waals surface area (Å²) in [6.45, 7) is 2.57. The Morgan fingerprint density at radius 3 is 2.94 bits per heavy atom. The van der Waals surface area contributed by atoms with Gasteiger partial charge in [0.25, 0.3) is 0 Å². The molecule has 3 nitrogen and oxygen atoms in total. The van der Waals surface area contributed by atoms with Crippen LogP contribution in [0.25, 0.3) is 10.8 Å². The van der Waals surface area contributed by atoms with Crippen LogP contribution in [0.5, 0.6) is 0 Å². The zero-order chi connectivity index (χ0) is 21.6. The van der Waals surface area contributed by atoms with Crippen molar-refractivity contribution in [1.29, 1.82) is 0 Å². The van der Waals surface area contributed by atoms with E-state index in [-0.39, 0.29) is 16.6 Å². The number of nitrogens with zero attached hydrogens (tertiary/aromatic N) is 1. The van der Waals surface area contributed by atoms with Crippen molar-refractivity contribution in [3.05, 3.63) is 65.5 Å². The largest absolute Gasteiger partial charge is 0.359 e. The summed E-state index contributed by atoms with van der Waals surface area (Å²) in [6, 6.07) is 9.79. The van der Waals surface area contributed by atoms with Crippen molar-refractivity contribution in [2.75, 3.05) is 7.05 Å². The molecule has 166 valence electrons. The minimum absolute atomic E-state index is 0.00573. The molecule has 0 unspecified atom stereocenters. The molecule has 0 radical (unpaired) electrons. The third-order valence-electron chi connectivity index (χ3n) is 10.2. The topological polar surface area (TPSA) is 34.2 Å². The second-order valence-corrected chi connectivity index (χ2v) is 11.4. The van der Waals surface area contributed by atoms with E-state index in [9.17, 15) is 0 Å². The van der Waals surface area contributed by atoms with Gasteiger partial charge in [-0.2, -0.15) is 0 Å². The molecule has 6 atom stereocenters. The molecule has 2 spiro atoms. The molecule has 2 aromatic rings. The molecule has 3 heteroatoms. The Labute approximate surface area is 191 Å².